The van der Waals surface area contributed by atoms with Crippen molar-refractivity contribution in [2.75, 3.05) is 13.1 Å². The first-order chi connectivity index (χ1) is 12.2. The van der Waals surface area contributed by atoms with E-state index in [0.29, 0.717) is 0 Å². The van der Waals surface area contributed by atoms with E-state index in [9.17, 15) is 0 Å². The third-order valence-corrected chi connectivity index (χ3v) is 6.13. The van der Waals surface area contributed by atoms with Gasteiger partial charge in [-0.2, -0.15) is 0 Å². The number of rotatable bonds is 16. The molecule has 0 aromatic heterocycles. The molecule has 1 rings (SSSR count). The summed E-state index contributed by atoms with van der Waals surface area (Å²) in [5.74, 6) is 0.976. The van der Waals surface area contributed by atoms with Crippen LogP contribution in [0.4, 0.5) is 0 Å². The van der Waals surface area contributed by atoms with E-state index < -0.39 is 0 Å². The Hall–Kier alpha value is -0.300. The van der Waals surface area contributed by atoms with E-state index in [1.54, 1.807) is 0 Å². The van der Waals surface area contributed by atoms with Gasteiger partial charge >= 0.3 is 0 Å². The van der Waals surface area contributed by atoms with Gasteiger partial charge in [-0.05, 0) is 51.5 Å². The lowest BCUT2D eigenvalue weighted by Crippen LogP contribution is -2.30. The molecule has 1 aliphatic rings. The highest BCUT2D eigenvalue weighted by atomic mass is 15.2. The predicted octanol–water partition coefficient (Wildman–Crippen LogP) is 7.75. The summed E-state index contributed by atoms with van der Waals surface area (Å²) in [6.45, 7) is 13.6. The van der Waals surface area contributed by atoms with E-state index in [1.165, 1.54) is 115 Å². The Morgan fingerprint density at radius 3 is 2.16 bits per heavy atom. The molecule has 1 heterocycles. The topological polar surface area (TPSA) is 3.24 Å². The van der Waals surface area contributed by atoms with Gasteiger partial charge in [0.2, 0.25) is 0 Å². The first kappa shape index (κ1) is 22.7. The second kappa shape index (κ2) is 14.8. The fraction of sp³-hybridized carbons (Fsp3) is 0.917. The van der Waals surface area contributed by atoms with Crippen molar-refractivity contribution in [3.05, 3.63) is 12.2 Å². The quantitative estimate of drug-likeness (QED) is 0.203. The van der Waals surface area contributed by atoms with Crippen molar-refractivity contribution in [3.8, 4) is 0 Å². The molecule has 2 unspecified atom stereocenters. The summed E-state index contributed by atoms with van der Waals surface area (Å²) in [5.41, 5.74) is 1.35. The van der Waals surface area contributed by atoms with Crippen LogP contribution in [-0.4, -0.2) is 24.0 Å². The van der Waals surface area contributed by atoms with Gasteiger partial charge in [0.25, 0.3) is 0 Å². The van der Waals surface area contributed by atoms with Crippen LogP contribution in [0.5, 0.6) is 0 Å². The van der Waals surface area contributed by atoms with Crippen LogP contribution in [0.1, 0.15) is 117 Å². The zero-order chi connectivity index (χ0) is 18.3. The van der Waals surface area contributed by atoms with Gasteiger partial charge in [0, 0.05) is 12.6 Å². The fourth-order valence-corrected chi connectivity index (χ4v) is 4.39. The van der Waals surface area contributed by atoms with Crippen LogP contribution in [0.3, 0.4) is 0 Å². The SMILES string of the molecule is C=C(C)CCCCCCCCCN1CC(CC)CC1CCCCCC. The van der Waals surface area contributed by atoms with Crippen molar-refractivity contribution < 1.29 is 0 Å². The molecule has 1 saturated heterocycles. The first-order valence-corrected chi connectivity index (χ1v) is 11.6. The maximum absolute atomic E-state index is 3.99. The normalized spacial score (nSPS) is 21.1. The van der Waals surface area contributed by atoms with Crippen LogP contribution in [0, 0.1) is 5.92 Å². The molecule has 1 aliphatic heterocycles. The fourth-order valence-electron chi connectivity index (χ4n) is 4.39. The number of likely N-dealkylation sites (tertiary alicyclic amines) is 1. The Balaban J connectivity index is 2.07. The Bertz CT molecular complexity index is 322. The number of hydrogen-bond acceptors (Lipinski definition) is 1. The van der Waals surface area contributed by atoms with Crippen LogP contribution in [0.2, 0.25) is 0 Å². The van der Waals surface area contributed by atoms with E-state index in [2.05, 4.69) is 32.3 Å². The molecule has 0 aromatic carbocycles. The zero-order valence-electron chi connectivity index (χ0n) is 17.8. The van der Waals surface area contributed by atoms with Crippen LogP contribution >= 0.6 is 0 Å². The summed E-state index contributed by atoms with van der Waals surface area (Å²) in [6, 6.07) is 0.906. The van der Waals surface area contributed by atoms with Crippen molar-refractivity contribution in [1.82, 2.24) is 4.90 Å². The maximum atomic E-state index is 3.99. The monoisotopic (exact) mass is 349 g/mol. The number of nitrogens with zero attached hydrogens (tertiary/aromatic N) is 1. The number of hydrogen-bond donors (Lipinski definition) is 0. The largest absolute Gasteiger partial charge is 0.300 e. The zero-order valence-corrected chi connectivity index (χ0v) is 17.8. The van der Waals surface area contributed by atoms with Gasteiger partial charge in [0.05, 0.1) is 0 Å². The Morgan fingerprint density at radius 2 is 1.52 bits per heavy atom. The molecular formula is C24H47N. The molecule has 0 radical (unpaired) electrons. The molecule has 0 aliphatic carbocycles. The summed E-state index contributed by atoms with van der Waals surface area (Å²) < 4.78 is 0. The number of unbranched alkanes of at least 4 members (excludes halogenated alkanes) is 9. The van der Waals surface area contributed by atoms with Crippen molar-refractivity contribution in [2.24, 2.45) is 5.92 Å². The van der Waals surface area contributed by atoms with Gasteiger partial charge in [-0.15, -0.1) is 6.58 Å². The lowest BCUT2D eigenvalue weighted by Gasteiger charge is -2.24. The average molecular weight is 350 g/mol. The Kier molecular flexibility index (Phi) is 13.5. The molecule has 1 heteroatoms. The van der Waals surface area contributed by atoms with Crippen molar-refractivity contribution in [3.63, 3.8) is 0 Å². The van der Waals surface area contributed by atoms with Gasteiger partial charge < -0.3 is 4.90 Å². The molecule has 0 bridgehead atoms. The second-order valence-corrected chi connectivity index (χ2v) is 8.69. The molecule has 0 N–H and O–H groups in total. The van der Waals surface area contributed by atoms with E-state index in [0.717, 1.165) is 12.0 Å². The van der Waals surface area contributed by atoms with Gasteiger partial charge in [0.15, 0.2) is 0 Å². The van der Waals surface area contributed by atoms with Crippen molar-refractivity contribution in [2.45, 2.75) is 123 Å². The van der Waals surface area contributed by atoms with Gasteiger partial charge in [-0.3, -0.25) is 0 Å². The van der Waals surface area contributed by atoms with Crippen LogP contribution < -0.4 is 0 Å². The highest BCUT2D eigenvalue weighted by molar-refractivity contribution is 4.87. The lowest BCUT2D eigenvalue weighted by molar-refractivity contribution is 0.230. The highest BCUT2D eigenvalue weighted by Crippen LogP contribution is 2.29. The van der Waals surface area contributed by atoms with Crippen molar-refractivity contribution >= 4 is 0 Å². The third kappa shape index (κ3) is 11.1. The molecule has 25 heavy (non-hydrogen) atoms. The van der Waals surface area contributed by atoms with E-state index in [4.69, 9.17) is 0 Å². The first-order valence-electron chi connectivity index (χ1n) is 11.6. The molecule has 2 atom stereocenters. The molecule has 148 valence electrons. The summed E-state index contributed by atoms with van der Waals surface area (Å²) in [7, 11) is 0. The number of allylic oxidation sites excluding steroid dienone is 1. The van der Waals surface area contributed by atoms with Crippen LogP contribution in [-0.2, 0) is 0 Å². The molecule has 0 spiro atoms. The summed E-state index contributed by atoms with van der Waals surface area (Å²) in [5, 5.41) is 0. The standard InChI is InChI=1S/C24H47N/c1-5-7-8-15-18-24-20-23(6-2)21-25(24)19-16-13-11-9-10-12-14-17-22(3)4/h23-24H,3,5-21H2,1-2,4H3. The average Bonchev–Trinajstić information content (AvgIpc) is 2.99. The Labute approximate surface area is 159 Å². The molecule has 0 amide bonds. The minimum atomic E-state index is 0.906. The van der Waals surface area contributed by atoms with Gasteiger partial charge in [0.1, 0.15) is 0 Å². The summed E-state index contributed by atoms with van der Waals surface area (Å²) in [4.78, 5) is 2.85. The molecule has 1 nitrogen and oxygen atoms in total. The maximum Gasteiger partial charge on any atom is 0.00984 e. The van der Waals surface area contributed by atoms with E-state index >= 15 is 0 Å². The van der Waals surface area contributed by atoms with Crippen molar-refractivity contribution in [1.29, 1.82) is 0 Å². The molecular weight excluding hydrogens is 302 g/mol. The predicted molar refractivity (Wildman–Crippen MR) is 114 cm³/mol. The molecule has 1 fully saturated rings. The minimum absolute atomic E-state index is 0.906. The highest BCUT2D eigenvalue weighted by Gasteiger charge is 2.29. The third-order valence-electron chi connectivity index (χ3n) is 6.13. The summed E-state index contributed by atoms with van der Waals surface area (Å²) >= 11 is 0. The lowest BCUT2D eigenvalue weighted by atomic mass is 9.99. The Morgan fingerprint density at radius 1 is 0.880 bits per heavy atom. The van der Waals surface area contributed by atoms with Crippen LogP contribution in [0.25, 0.3) is 0 Å². The smallest absolute Gasteiger partial charge is 0.00984 e. The van der Waals surface area contributed by atoms with E-state index in [-0.39, 0.29) is 0 Å². The second-order valence-electron chi connectivity index (χ2n) is 8.69. The molecule has 0 aromatic rings. The molecule has 0 saturated carbocycles. The van der Waals surface area contributed by atoms with E-state index in [1.807, 2.05) is 0 Å². The minimum Gasteiger partial charge on any atom is -0.300 e. The summed E-state index contributed by atoms with van der Waals surface area (Å²) in [6.07, 6.45) is 21.2. The van der Waals surface area contributed by atoms with Gasteiger partial charge in [-0.25, -0.2) is 0 Å². The van der Waals surface area contributed by atoms with Crippen LogP contribution in [0.15, 0.2) is 12.2 Å². The van der Waals surface area contributed by atoms with Gasteiger partial charge in [-0.1, -0.05) is 83.6 Å².